The average Bonchev–Trinajstić information content (AvgIpc) is 3.10. The number of H-pyrrole nitrogens is 1. The lowest BCUT2D eigenvalue weighted by atomic mass is 10.0. The summed E-state index contributed by atoms with van der Waals surface area (Å²) in [6, 6.07) is 17.7. The van der Waals surface area contributed by atoms with Crippen LogP contribution < -0.4 is 4.74 Å². The summed E-state index contributed by atoms with van der Waals surface area (Å²) in [6.45, 7) is 3.40. The van der Waals surface area contributed by atoms with Crippen molar-refractivity contribution in [2.45, 2.75) is 13.5 Å². The molecule has 1 amide bonds. The summed E-state index contributed by atoms with van der Waals surface area (Å²) in [4.78, 5) is 22.5. The average molecular weight is 418 g/mol. The topological polar surface area (TPSA) is 58.2 Å². The van der Waals surface area contributed by atoms with Crippen molar-refractivity contribution in [3.8, 4) is 16.9 Å². The Morgan fingerprint density at radius 1 is 1.10 bits per heavy atom. The fourth-order valence-corrected chi connectivity index (χ4v) is 4.13. The highest BCUT2D eigenvalue weighted by atomic mass is 35.5. The van der Waals surface area contributed by atoms with Crippen LogP contribution in [0.4, 0.5) is 0 Å². The van der Waals surface area contributed by atoms with Gasteiger partial charge in [0, 0.05) is 22.7 Å². The molecule has 0 radical (unpaired) electrons. The maximum atomic E-state index is 13.2. The van der Waals surface area contributed by atoms with Crippen LogP contribution in [0.1, 0.15) is 21.5 Å². The number of nitrogens with zero attached hydrogens (tertiary/aromatic N) is 2. The third-order valence-electron chi connectivity index (χ3n) is 5.50. The van der Waals surface area contributed by atoms with E-state index in [2.05, 4.69) is 34.2 Å². The minimum absolute atomic E-state index is 0.00935. The normalized spacial score (nSPS) is 13.6. The van der Waals surface area contributed by atoms with Gasteiger partial charge in [-0.05, 0) is 66.1 Å². The molecule has 1 aliphatic heterocycles. The summed E-state index contributed by atoms with van der Waals surface area (Å²) >= 11 is 6.05. The zero-order chi connectivity index (χ0) is 20.7. The lowest BCUT2D eigenvalue weighted by molar-refractivity contribution is 0.0732. The Kier molecular flexibility index (Phi) is 4.68. The number of nitrogens with one attached hydrogen (secondary N) is 1. The van der Waals surface area contributed by atoms with Crippen molar-refractivity contribution in [2.75, 3.05) is 13.2 Å². The zero-order valence-electron chi connectivity index (χ0n) is 16.5. The number of carbonyl (C=O) groups is 1. The Hall–Kier alpha value is -3.31. The van der Waals surface area contributed by atoms with Crippen molar-refractivity contribution in [1.82, 2.24) is 14.9 Å². The van der Waals surface area contributed by atoms with Crippen molar-refractivity contribution >= 4 is 28.5 Å². The second-order valence-electron chi connectivity index (χ2n) is 7.49. The molecule has 4 aromatic rings. The van der Waals surface area contributed by atoms with E-state index in [0.29, 0.717) is 30.3 Å². The molecule has 0 spiro atoms. The minimum atomic E-state index is -0.00935. The number of hydrogen-bond acceptors (Lipinski definition) is 3. The number of rotatable bonds is 2. The molecule has 150 valence electrons. The van der Waals surface area contributed by atoms with Crippen LogP contribution in [0, 0.1) is 6.92 Å². The first-order valence-corrected chi connectivity index (χ1v) is 10.2. The molecule has 1 N–H and O–H groups in total. The lowest BCUT2D eigenvalue weighted by Crippen LogP contribution is -2.32. The summed E-state index contributed by atoms with van der Waals surface area (Å²) in [7, 11) is 0. The number of hydrogen-bond donors (Lipinski definition) is 1. The summed E-state index contributed by atoms with van der Waals surface area (Å²) in [5.74, 6) is 0.814. The fourth-order valence-electron chi connectivity index (χ4n) is 3.90. The fraction of sp³-hybridized carbons (Fsp3) is 0.167. The molecule has 0 aliphatic carbocycles. The molecule has 1 aliphatic rings. The molecule has 3 aromatic carbocycles. The first kappa shape index (κ1) is 18.7. The quantitative estimate of drug-likeness (QED) is 0.486. The van der Waals surface area contributed by atoms with Gasteiger partial charge in [0.05, 0.1) is 23.9 Å². The molecule has 5 rings (SSSR count). The van der Waals surface area contributed by atoms with E-state index in [1.54, 1.807) is 18.5 Å². The number of carbonyl (C=O) groups excluding carboxylic acids is 1. The predicted octanol–water partition coefficient (Wildman–Crippen LogP) is 5.23. The van der Waals surface area contributed by atoms with Gasteiger partial charge in [0.2, 0.25) is 0 Å². The monoisotopic (exact) mass is 417 g/mol. The van der Waals surface area contributed by atoms with E-state index in [1.807, 2.05) is 30.0 Å². The van der Waals surface area contributed by atoms with Gasteiger partial charge in [0.25, 0.3) is 5.91 Å². The molecule has 0 fully saturated rings. The van der Waals surface area contributed by atoms with Gasteiger partial charge >= 0.3 is 0 Å². The Labute approximate surface area is 179 Å². The molecule has 0 unspecified atom stereocenters. The van der Waals surface area contributed by atoms with Crippen molar-refractivity contribution in [3.05, 3.63) is 82.6 Å². The van der Waals surface area contributed by atoms with Crippen LogP contribution in [0.15, 0.2) is 60.9 Å². The van der Waals surface area contributed by atoms with Gasteiger partial charge in [-0.15, -0.1) is 0 Å². The van der Waals surface area contributed by atoms with Crippen LogP contribution in [0.25, 0.3) is 22.2 Å². The third kappa shape index (κ3) is 3.42. The molecule has 2 heterocycles. The first-order chi connectivity index (χ1) is 14.6. The molecular weight excluding hydrogens is 398 g/mol. The summed E-state index contributed by atoms with van der Waals surface area (Å²) < 4.78 is 5.93. The minimum Gasteiger partial charge on any atom is -0.491 e. The highest BCUT2D eigenvalue weighted by Crippen LogP contribution is 2.31. The number of halogens is 1. The van der Waals surface area contributed by atoms with Crippen LogP contribution in [0.5, 0.6) is 5.75 Å². The molecule has 6 heteroatoms. The number of benzene rings is 3. The molecule has 30 heavy (non-hydrogen) atoms. The first-order valence-electron chi connectivity index (χ1n) is 9.83. The van der Waals surface area contributed by atoms with Crippen LogP contribution in [0.2, 0.25) is 5.02 Å². The Morgan fingerprint density at radius 3 is 2.80 bits per heavy atom. The molecule has 0 saturated carbocycles. The van der Waals surface area contributed by atoms with E-state index in [1.165, 1.54) is 0 Å². The van der Waals surface area contributed by atoms with E-state index < -0.39 is 0 Å². The Morgan fingerprint density at radius 2 is 1.93 bits per heavy atom. The number of aromatic nitrogens is 2. The van der Waals surface area contributed by atoms with E-state index >= 15 is 0 Å². The standard InChI is InChI=1S/C24H20ClN3O2/c1-15-10-19(25)4-5-20(15)24(29)28-8-9-30-23-7-3-16(11-18(23)13-28)17-2-6-21-22(12-17)27-14-26-21/h2-7,10-12,14H,8-9,13H2,1H3,(H,26,27). The maximum absolute atomic E-state index is 13.2. The van der Waals surface area contributed by atoms with Crippen molar-refractivity contribution in [3.63, 3.8) is 0 Å². The largest absolute Gasteiger partial charge is 0.491 e. The number of imidazole rings is 1. The van der Waals surface area contributed by atoms with Crippen LogP contribution in [-0.4, -0.2) is 33.9 Å². The van der Waals surface area contributed by atoms with Crippen molar-refractivity contribution in [2.24, 2.45) is 0 Å². The van der Waals surface area contributed by atoms with Gasteiger partial charge in [0.1, 0.15) is 12.4 Å². The molecule has 5 nitrogen and oxygen atoms in total. The van der Waals surface area contributed by atoms with Crippen LogP contribution >= 0.6 is 11.6 Å². The molecular formula is C24H20ClN3O2. The lowest BCUT2D eigenvalue weighted by Gasteiger charge is -2.21. The maximum Gasteiger partial charge on any atom is 0.254 e. The van der Waals surface area contributed by atoms with E-state index in [9.17, 15) is 4.79 Å². The van der Waals surface area contributed by atoms with Crippen LogP contribution in [0.3, 0.4) is 0 Å². The smallest absolute Gasteiger partial charge is 0.254 e. The van der Waals surface area contributed by atoms with Gasteiger partial charge in [0.15, 0.2) is 0 Å². The predicted molar refractivity (Wildman–Crippen MR) is 118 cm³/mol. The Bertz CT molecular complexity index is 1260. The SMILES string of the molecule is Cc1cc(Cl)ccc1C(=O)N1CCOc2ccc(-c3ccc4nc[nH]c4c3)cc2C1. The van der Waals surface area contributed by atoms with Gasteiger partial charge in [-0.1, -0.05) is 23.7 Å². The van der Waals surface area contributed by atoms with Gasteiger partial charge in [-0.25, -0.2) is 4.98 Å². The van der Waals surface area contributed by atoms with E-state index in [0.717, 1.165) is 39.0 Å². The second kappa shape index (κ2) is 7.50. The second-order valence-corrected chi connectivity index (χ2v) is 7.93. The summed E-state index contributed by atoms with van der Waals surface area (Å²) in [6.07, 6.45) is 1.70. The summed E-state index contributed by atoms with van der Waals surface area (Å²) in [5, 5.41) is 0.632. The number of aromatic amines is 1. The van der Waals surface area contributed by atoms with Gasteiger partial charge in [-0.3, -0.25) is 4.79 Å². The highest BCUT2D eigenvalue weighted by molar-refractivity contribution is 6.30. The van der Waals surface area contributed by atoms with E-state index in [4.69, 9.17) is 16.3 Å². The summed E-state index contributed by atoms with van der Waals surface area (Å²) in [5.41, 5.74) is 6.63. The van der Waals surface area contributed by atoms with E-state index in [-0.39, 0.29) is 5.91 Å². The molecule has 0 bridgehead atoms. The molecule has 0 saturated heterocycles. The van der Waals surface area contributed by atoms with Gasteiger partial charge < -0.3 is 14.6 Å². The number of ether oxygens (including phenoxy) is 1. The van der Waals surface area contributed by atoms with Crippen molar-refractivity contribution in [1.29, 1.82) is 0 Å². The molecule has 1 aromatic heterocycles. The van der Waals surface area contributed by atoms with Crippen LogP contribution in [-0.2, 0) is 6.54 Å². The third-order valence-corrected chi connectivity index (χ3v) is 5.74. The number of aryl methyl sites for hydroxylation is 1. The highest BCUT2D eigenvalue weighted by Gasteiger charge is 2.22. The Balaban J connectivity index is 1.47. The van der Waals surface area contributed by atoms with Gasteiger partial charge in [-0.2, -0.15) is 0 Å². The number of amides is 1. The van der Waals surface area contributed by atoms with Crippen molar-refractivity contribution < 1.29 is 9.53 Å². The molecule has 0 atom stereocenters. The number of fused-ring (bicyclic) bond motifs is 2. The zero-order valence-corrected chi connectivity index (χ0v) is 17.2.